The van der Waals surface area contributed by atoms with E-state index in [2.05, 4.69) is 62.5 Å². The first-order valence-electron chi connectivity index (χ1n) is 14.8. The summed E-state index contributed by atoms with van der Waals surface area (Å²) in [5.41, 5.74) is 7.75. The van der Waals surface area contributed by atoms with E-state index in [1.54, 1.807) is 0 Å². The van der Waals surface area contributed by atoms with Gasteiger partial charge in [-0.2, -0.15) is 15.8 Å². The van der Waals surface area contributed by atoms with Gasteiger partial charge < -0.3 is 9.13 Å². The fourth-order valence-electron chi connectivity index (χ4n) is 7.03. The highest BCUT2D eigenvalue weighted by atomic mass is 32.1. The highest BCUT2D eigenvalue weighted by molar-refractivity contribution is 7.26. The van der Waals surface area contributed by atoms with Gasteiger partial charge in [0.2, 0.25) is 5.69 Å². The monoisotopic (exact) mass is 614 g/mol. The Morgan fingerprint density at radius 2 is 1.17 bits per heavy atom. The summed E-state index contributed by atoms with van der Waals surface area (Å²) >= 11 is 1.50. The molecule has 9 aromatic rings. The molecule has 0 atom stereocenters. The van der Waals surface area contributed by atoms with Crippen LogP contribution in [-0.4, -0.2) is 9.13 Å². The number of benzene rings is 6. The molecular weight excluding hydrogens is 597 g/mol. The van der Waals surface area contributed by atoms with E-state index in [9.17, 15) is 15.8 Å². The second-order valence-corrected chi connectivity index (χ2v) is 12.4. The molecule has 0 spiro atoms. The number of rotatable bonds is 2. The van der Waals surface area contributed by atoms with Gasteiger partial charge in [-0.05, 0) is 72.1 Å². The van der Waals surface area contributed by atoms with Crippen LogP contribution in [0.4, 0.5) is 5.69 Å². The molecule has 0 aliphatic heterocycles. The molecule has 0 amide bonds. The third kappa shape index (κ3) is 3.61. The predicted molar refractivity (Wildman–Crippen MR) is 188 cm³/mol. The van der Waals surface area contributed by atoms with E-state index in [0.29, 0.717) is 22.4 Å². The smallest absolute Gasteiger partial charge is 0.204 e. The Balaban J connectivity index is 1.38. The maximum absolute atomic E-state index is 10.7. The molecule has 0 fully saturated rings. The van der Waals surface area contributed by atoms with Crippen molar-refractivity contribution in [3.05, 3.63) is 137 Å². The fourth-order valence-corrected chi connectivity index (χ4v) is 8.27. The van der Waals surface area contributed by atoms with Crippen LogP contribution in [0.2, 0.25) is 0 Å². The van der Waals surface area contributed by atoms with Crippen molar-refractivity contribution in [2.45, 2.75) is 0 Å². The van der Waals surface area contributed by atoms with Crippen molar-refractivity contribution < 1.29 is 0 Å². The van der Waals surface area contributed by atoms with E-state index in [0.717, 1.165) is 75.2 Å². The highest BCUT2D eigenvalue weighted by Crippen LogP contribution is 2.46. The van der Waals surface area contributed by atoms with Crippen LogP contribution in [-0.2, 0) is 0 Å². The van der Waals surface area contributed by atoms with Crippen molar-refractivity contribution in [1.29, 1.82) is 15.8 Å². The summed E-state index contributed by atoms with van der Waals surface area (Å²) in [6.45, 7) is 7.72. The van der Waals surface area contributed by atoms with Crippen molar-refractivity contribution in [2.24, 2.45) is 0 Å². The third-order valence-electron chi connectivity index (χ3n) is 9.00. The molecule has 0 saturated heterocycles. The quantitative estimate of drug-likeness (QED) is 0.182. The van der Waals surface area contributed by atoms with Crippen LogP contribution in [0.3, 0.4) is 0 Å². The van der Waals surface area contributed by atoms with Gasteiger partial charge in [0.1, 0.15) is 6.07 Å². The summed E-state index contributed by atoms with van der Waals surface area (Å²) < 4.78 is 6.09. The second-order valence-electron chi connectivity index (χ2n) is 11.4. The number of aromatic nitrogens is 2. The van der Waals surface area contributed by atoms with Crippen LogP contribution >= 0.6 is 11.3 Å². The summed E-state index contributed by atoms with van der Waals surface area (Å²) in [6.07, 6.45) is 0. The maximum atomic E-state index is 10.7. The van der Waals surface area contributed by atoms with Gasteiger partial charge in [0.05, 0.1) is 62.2 Å². The molecule has 214 valence electrons. The Morgan fingerprint density at radius 1 is 0.532 bits per heavy atom. The zero-order chi connectivity index (χ0) is 31.8. The predicted octanol–water partition coefficient (Wildman–Crippen LogP) is 10.4. The molecule has 0 bridgehead atoms. The van der Waals surface area contributed by atoms with E-state index < -0.39 is 0 Å². The number of fused-ring (bicyclic) bond motifs is 9. The molecule has 0 unspecified atom stereocenters. The molecule has 0 N–H and O–H groups in total. The minimum Gasteiger partial charge on any atom is -0.309 e. The molecule has 47 heavy (non-hydrogen) atoms. The molecule has 9 rings (SSSR count). The molecule has 6 nitrogen and oxygen atoms in total. The number of hydrogen-bond donors (Lipinski definition) is 0. The number of nitrogens with zero attached hydrogens (tertiary/aromatic N) is 6. The van der Waals surface area contributed by atoms with Crippen molar-refractivity contribution in [3.63, 3.8) is 0 Å². The molecule has 7 heteroatoms. The van der Waals surface area contributed by atoms with Gasteiger partial charge in [-0.25, -0.2) is 4.85 Å². The zero-order valence-corrected chi connectivity index (χ0v) is 25.3. The topological polar surface area (TPSA) is 85.6 Å². The minimum atomic E-state index is 0.554. The molecule has 0 aliphatic carbocycles. The van der Waals surface area contributed by atoms with E-state index in [-0.39, 0.29) is 0 Å². The van der Waals surface area contributed by atoms with Gasteiger partial charge in [-0.1, -0.05) is 42.5 Å². The average Bonchev–Trinajstić information content (AvgIpc) is 3.77. The third-order valence-corrected chi connectivity index (χ3v) is 10.3. The van der Waals surface area contributed by atoms with Crippen LogP contribution in [0.15, 0.2) is 109 Å². The average molecular weight is 615 g/mol. The summed E-state index contributed by atoms with van der Waals surface area (Å²) in [4.78, 5) is 3.76. The molecule has 3 aromatic heterocycles. The van der Waals surface area contributed by atoms with Gasteiger partial charge in [0, 0.05) is 43.0 Å². The van der Waals surface area contributed by atoms with Crippen LogP contribution in [0.1, 0.15) is 16.7 Å². The van der Waals surface area contributed by atoms with Crippen LogP contribution in [0, 0.1) is 40.6 Å². The number of thiophene rings is 1. The number of nitriles is 3. The van der Waals surface area contributed by atoms with Crippen molar-refractivity contribution >= 4 is 80.8 Å². The lowest BCUT2D eigenvalue weighted by atomic mass is 10.0. The molecule has 0 saturated carbocycles. The summed E-state index contributed by atoms with van der Waals surface area (Å²) in [5, 5.41) is 35.8. The van der Waals surface area contributed by atoms with Gasteiger partial charge >= 0.3 is 0 Å². The van der Waals surface area contributed by atoms with Gasteiger partial charge in [-0.3, -0.25) is 0 Å². The summed E-state index contributed by atoms with van der Waals surface area (Å²) in [5.74, 6) is 0. The van der Waals surface area contributed by atoms with E-state index >= 15 is 0 Å². The van der Waals surface area contributed by atoms with Crippen molar-refractivity contribution in [2.75, 3.05) is 0 Å². The van der Waals surface area contributed by atoms with E-state index in [4.69, 9.17) is 6.57 Å². The molecule has 0 aliphatic rings. The molecule has 6 aromatic carbocycles. The standard InChI is InChI=1S/C40H18N6S/c1-44-34-10-5-9-28-32-19-31-27-8-2-3-11-35(27)46(38(31)33(22-43)39(32)47-40(28)34)26-7-4-6-25(18-26)45-36-14-12-23(20-41)16-29(36)30-17-24(21-42)13-15-37(30)45/h2-19H. The zero-order valence-electron chi connectivity index (χ0n) is 24.5. The Labute approximate surface area is 271 Å². The van der Waals surface area contributed by atoms with Gasteiger partial charge in [-0.15, -0.1) is 11.3 Å². The lowest BCUT2D eigenvalue weighted by Gasteiger charge is -2.13. The molecular formula is C40H18N6S. The minimum absolute atomic E-state index is 0.554. The maximum Gasteiger partial charge on any atom is 0.204 e. The summed E-state index contributed by atoms with van der Waals surface area (Å²) in [6, 6.07) is 42.7. The summed E-state index contributed by atoms with van der Waals surface area (Å²) in [7, 11) is 0. The van der Waals surface area contributed by atoms with Crippen molar-refractivity contribution in [3.8, 4) is 29.6 Å². The Bertz CT molecular complexity index is 2950. The first-order chi connectivity index (χ1) is 23.1. The van der Waals surface area contributed by atoms with Crippen LogP contribution in [0.5, 0.6) is 0 Å². The first kappa shape index (κ1) is 26.5. The SMILES string of the molecule is [C-]#[N+]c1cccc2c1sc1c(C#N)c3c(cc12)c1ccccc1n3-c1cccc(-n2c3ccc(C#N)cc3c3cc(C#N)ccc32)c1. The normalized spacial score (nSPS) is 11.3. The van der Waals surface area contributed by atoms with Gasteiger partial charge in [0.15, 0.2) is 0 Å². The number of hydrogen-bond acceptors (Lipinski definition) is 4. The van der Waals surface area contributed by atoms with Gasteiger partial charge in [0.25, 0.3) is 0 Å². The second kappa shape index (κ2) is 9.80. The van der Waals surface area contributed by atoms with Crippen LogP contribution < -0.4 is 0 Å². The lowest BCUT2D eigenvalue weighted by Crippen LogP contribution is -1.99. The number of para-hydroxylation sites is 1. The van der Waals surface area contributed by atoms with Crippen molar-refractivity contribution in [1.82, 2.24) is 9.13 Å². The Hall–Kier alpha value is -6.90. The fraction of sp³-hybridized carbons (Fsp3) is 0. The molecule has 3 heterocycles. The highest BCUT2D eigenvalue weighted by Gasteiger charge is 2.22. The van der Waals surface area contributed by atoms with Crippen LogP contribution in [0.25, 0.3) is 80.0 Å². The first-order valence-corrected chi connectivity index (χ1v) is 15.6. The Kier molecular flexibility index (Phi) is 5.53. The van der Waals surface area contributed by atoms with E-state index in [1.165, 1.54) is 11.3 Å². The molecule has 0 radical (unpaired) electrons. The van der Waals surface area contributed by atoms with E-state index in [1.807, 2.05) is 78.9 Å². The largest absolute Gasteiger partial charge is 0.309 e. The lowest BCUT2D eigenvalue weighted by molar-refractivity contribution is 1.13. The Morgan fingerprint density at radius 3 is 1.85 bits per heavy atom.